The number of halogens is 6. The molecule has 2 bridgehead atoms. The van der Waals surface area contributed by atoms with Gasteiger partial charge in [0.2, 0.25) is 0 Å². The molecule has 1 N–H and O–H groups in total. The van der Waals surface area contributed by atoms with Gasteiger partial charge < -0.3 is 9.84 Å². The Morgan fingerprint density at radius 1 is 1.04 bits per heavy atom. The third kappa shape index (κ3) is 3.41. The highest BCUT2D eigenvalue weighted by molar-refractivity contribution is 5.81. The standard InChI is InChI=1S/C15H18F6O3/c1-2-12(22)24-7-11-5-8-3-9(11)4-10(8)6-13(23,14(16,17)18)15(19,20)21/h2,8-11,23H,1,3-7H2. The fraction of sp³-hybridized carbons (Fsp3) is 0.800. The summed E-state index contributed by atoms with van der Waals surface area (Å²) in [6.07, 6.45) is -10.9. The minimum absolute atomic E-state index is 0.0694. The van der Waals surface area contributed by atoms with Crippen LogP contribution in [0.25, 0.3) is 0 Å². The average Bonchev–Trinajstić information content (AvgIpc) is 3.01. The van der Waals surface area contributed by atoms with Gasteiger partial charge in [-0.25, -0.2) is 4.79 Å². The van der Waals surface area contributed by atoms with E-state index in [2.05, 4.69) is 6.58 Å². The molecular formula is C15H18F6O3. The second-order valence-electron chi connectivity index (χ2n) is 6.64. The number of ether oxygens (including phenoxy) is 1. The molecule has 0 spiro atoms. The van der Waals surface area contributed by atoms with Crippen LogP contribution >= 0.6 is 0 Å². The van der Waals surface area contributed by atoms with E-state index in [4.69, 9.17) is 4.74 Å². The molecule has 3 nitrogen and oxygen atoms in total. The van der Waals surface area contributed by atoms with Crippen LogP contribution in [-0.4, -0.2) is 35.6 Å². The molecule has 2 aliphatic carbocycles. The van der Waals surface area contributed by atoms with Crippen LogP contribution in [-0.2, 0) is 9.53 Å². The maximum absolute atomic E-state index is 12.8. The predicted molar refractivity (Wildman–Crippen MR) is 70.6 cm³/mol. The van der Waals surface area contributed by atoms with Gasteiger partial charge in [0.25, 0.3) is 5.60 Å². The maximum Gasteiger partial charge on any atom is 0.426 e. The van der Waals surface area contributed by atoms with Crippen LogP contribution in [0.1, 0.15) is 25.7 Å². The van der Waals surface area contributed by atoms with Gasteiger partial charge in [0, 0.05) is 6.08 Å². The van der Waals surface area contributed by atoms with Gasteiger partial charge in [-0.15, -0.1) is 0 Å². The molecule has 138 valence electrons. The summed E-state index contributed by atoms with van der Waals surface area (Å²) in [5, 5.41) is 9.32. The minimum Gasteiger partial charge on any atom is -0.462 e. The number of esters is 1. The van der Waals surface area contributed by atoms with Gasteiger partial charge in [0.05, 0.1) is 6.61 Å². The number of alkyl halides is 6. The Labute approximate surface area is 134 Å². The van der Waals surface area contributed by atoms with Crippen molar-refractivity contribution >= 4 is 5.97 Å². The summed E-state index contributed by atoms with van der Waals surface area (Å²) in [5.41, 5.74) is -4.68. The molecular weight excluding hydrogens is 342 g/mol. The van der Waals surface area contributed by atoms with Crippen LogP contribution in [0.2, 0.25) is 0 Å². The molecule has 0 heterocycles. The van der Waals surface area contributed by atoms with Crippen molar-refractivity contribution in [2.24, 2.45) is 23.7 Å². The molecule has 2 fully saturated rings. The quantitative estimate of drug-likeness (QED) is 0.463. The Hall–Kier alpha value is -1.25. The Morgan fingerprint density at radius 3 is 1.96 bits per heavy atom. The molecule has 0 aromatic heterocycles. The van der Waals surface area contributed by atoms with E-state index < -0.39 is 36.3 Å². The second kappa shape index (κ2) is 6.24. The van der Waals surface area contributed by atoms with Crippen molar-refractivity contribution in [3.8, 4) is 0 Å². The fourth-order valence-electron chi connectivity index (χ4n) is 3.99. The molecule has 2 rings (SSSR count). The second-order valence-corrected chi connectivity index (χ2v) is 6.64. The van der Waals surface area contributed by atoms with Crippen molar-refractivity contribution in [2.45, 2.75) is 43.6 Å². The Morgan fingerprint density at radius 2 is 1.54 bits per heavy atom. The van der Waals surface area contributed by atoms with E-state index in [0.717, 1.165) is 6.08 Å². The lowest BCUT2D eigenvalue weighted by Gasteiger charge is -2.37. The monoisotopic (exact) mass is 360 g/mol. The number of rotatable bonds is 5. The molecule has 9 heteroatoms. The molecule has 0 aromatic carbocycles. The maximum atomic E-state index is 12.8. The summed E-state index contributed by atoms with van der Waals surface area (Å²) < 4.78 is 81.6. The van der Waals surface area contributed by atoms with Crippen molar-refractivity contribution in [1.29, 1.82) is 0 Å². The third-order valence-corrected chi connectivity index (χ3v) is 5.25. The highest BCUT2D eigenvalue weighted by Gasteiger charge is 2.71. The van der Waals surface area contributed by atoms with E-state index in [-0.39, 0.29) is 30.8 Å². The number of hydrogen-bond donors (Lipinski definition) is 1. The number of hydrogen-bond acceptors (Lipinski definition) is 3. The molecule has 2 saturated carbocycles. The largest absolute Gasteiger partial charge is 0.462 e. The average molecular weight is 360 g/mol. The minimum atomic E-state index is -5.77. The van der Waals surface area contributed by atoms with Gasteiger partial charge in [-0.1, -0.05) is 6.58 Å². The molecule has 0 radical (unpaired) electrons. The summed E-state index contributed by atoms with van der Waals surface area (Å²) in [6.45, 7) is 3.32. The highest BCUT2D eigenvalue weighted by Crippen LogP contribution is 2.57. The lowest BCUT2D eigenvalue weighted by molar-refractivity contribution is -0.373. The number of carbonyl (C=O) groups excluding carboxylic acids is 1. The molecule has 0 aliphatic heterocycles. The molecule has 4 unspecified atom stereocenters. The van der Waals surface area contributed by atoms with Crippen LogP contribution in [0.4, 0.5) is 26.3 Å². The van der Waals surface area contributed by atoms with E-state index in [9.17, 15) is 36.2 Å². The summed E-state index contributed by atoms with van der Waals surface area (Å²) in [7, 11) is 0. The Bertz CT molecular complexity index is 484. The lowest BCUT2D eigenvalue weighted by atomic mass is 9.76. The van der Waals surface area contributed by atoms with Crippen molar-refractivity contribution < 1.29 is 41.0 Å². The molecule has 4 atom stereocenters. The molecule has 0 amide bonds. The van der Waals surface area contributed by atoms with Gasteiger partial charge in [0.15, 0.2) is 0 Å². The highest BCUT2D eigenvalue weighted by atomic mass is 19.4. The fourth-order valence-corrected chi connectivity index (χ4v) is 3.99. The van der Waals surface area contributed by atoms with Gasteiger partial charge in [-0.3, -0.25) is 0 Å². The third-order valence-electron chi connectivity index (χ3n) is 5.25. The van der Waals surface area contributed by atoms with E-state index in [1.807, 2.05) is 0 Å². The zero-order chi connectivity index (χ0) is 18.3. The van der Waals surface area contributed by atoms with E-state index >= 15 is 0 Å². The van der Waals surface area contributed by atoms with Gasteiger partial charge in [0.1, 0.15) is 0 Å². The van der Waals surface area contributed by atoms with Crippen LogP contribution in [0.15, 0.2) is 12.7 Å². The van der Waals surface area contributed by atoms with Gasteiger partial charge in [-0.05, 0) is 49.4 Å². The van der Waals surface area contributed by atoms with E-state index in [1.165, 1.54) is 0 Å². The van der Waals surface area contributed by atoms with Crippen LogP contribution in [0.5, 0.6) is 0 Å². The van der Waals surface area contributed by atoms with Crippen LogP contribution in [0, 0.1) is 23.7 Å². The Balaban J connectivity index is 2.00. The van der Waals surface area contributed by atoms with Crippen LogP contribution < -0.4 is 0 Å². The smallest absolute Gasteiger partial charge is 0.426 e. The van der Waals surface area contributed by atoms with Gasteiger partial charge in [-0.2, -0.15) is 26.3 Å². The molecule has 0 aromatic rings. The summed E-state index contributed by atoms with van der Waals surface area (Å²) in [4.78, 5) is 11.0. The zero-order valence-corrected chi connectivity index (χ0v) is 12.7. The van der Waals surface area contributed by atoms with E-state index in [1.54, 1.807) is 0 Å². The normalized spacial score (nSPS) is 30.5. The lowest BCUT2D eigenvalue weighted by Crippen LogP contribution is -2.58. The zero-order valence-electron chi connectivity index (χ0n) is 12.7. The first-order valence-electron chi connectivity index (χ1n) is 7.54. The Kier molecular flexibility index (Phi) is 4.96. The molecule has 2 aliphatic rings. The van der Waals surface area contributed by atoms with Crippen LogP contribution in [0.3, 0.4) is 0 Å². The van der Waals surface area contributed by atoms with Crippen molar-refractivity contribution in [3.05, 3.63) is 12.7 Å². The summed E-state index contributed by atoms with van der Waals surface area (Å²) in [5.74, 6) is -1.96. The predicted octanol–water partition coefficient (Wildman–Crippen LogP) is 3.62. The topological polar surface area (TPSA) is 46.5 Å². The van der Waals surface area contributed by atoms with Crippen molar-refractivity contribution in [3.63, 3.8) is 0 Å². The first-order valence-corrected chi connectivity index (χ1v) is 7.54. The summed E-state index contributed by atoms with van der Waals surface area (Å²) in [6, 6.07) is 0. The number of aliphatic hydroxyl groups is 1. The van der Waals surface area contributed by atoms with Crippen molar-refractivity contribution in [2.75, 3.05) is 6.61 Å². The number of fused-ring (bicyclic) bond motifs is 2. The van der Waals surface area contributed by atoms with E-state index in [0.29, 0.717) is 12.8 Å². The SMILES string of the molecule is C=CC(=O)OCC1CC2CC1CC2CC(O)(C(F)(F)F)C(F)(F)F. The molecule has 0 saturated heterocycles. The van der Waals surface area contributed by atoms with Crippen molar-refractivity contribution in [1.82, 2.24) is 0 Å². The van der Waals surface area contributed by atoms with Gasteiger partial charge >= 0.3 is 18.3 Å². The summed E-state index contributed by atoms with van der Waals surface area (Å²) >= 11 is 0. The first-order chi connectivity index (χ1) is 10.9. The molecule has 24 heavy (non-hydrogen) atoms. The number of carbonyl (C=O) groups is 1. The first kappa shape index (κ1) is 19.1.